The maximum Gasteiger partial charge on any atom is 0.251 e. The van der Waals surface area contributed by atoms with E-state index in [9.17, 15) is 4.79 Å². The topological polar surface area (TPSA) is 51.5 Å². The summed E-state index contributed by atoms with van der Waals surface area (Å²) in [7, 11) is 1.64. The Kier molecular flexibility index (Phi) is 4.43. The molecule has 0 atom stereocenters. The molecule has 0 aliphatic carbocycles. The normalized spacial score (nSPS) is 10.3. The fourth-order valence-corrected chi connectivity index (χ4v) is 2.31. The second kappa shape index (κ2) is 6.83. The van der Waals surface area contributed by atoms with Gasteiger partial charge in [-0.05, 0) is 47.5 Å². The fourth-order valence-electron chi connectivity index (χ4n) is 2.31. The average molecular weight is 307 g/mol. The van der Waals surface area contributed by atoms with Gasteiger partial charge in [-0.3, -0.25) is 4.79 Å². The van der Waals surface area contributed by atoms with Crippen LogP contribution in [-0.4, -0.2) is 13.0 Å². The Balaban J connectivity index is 1.74. The van der Waals surface area contributed by atoms with Crippen LogP contribution in [0.25, 0.3) is 11.1 Å². The Bertz CT molecular complexity index is 777. The molecule has 4 nitrogen and oxygen atoms in total. The molecule has 0 saturated carbocycles. The second-order valence-electron chi connectivity index (χ2n) is 5.07. The van der Waals surface area contributed by atoms with Gasteiger partial charge in [0.1, 0.15) is 11.5 Å². The summed E-state index contributed by atoms with van der Waals surface area (Å²) in [5, 5.41) is 2.85. The van der Waals surface area contributed by atoms with Crippen molar-refractivity contribution in [1.82, 2.24) is 5.32 Å². The molecule has 0 unspecified atom stereocenters. The van der Waals surface area contributed by atoms with Crippen molar-refractivity contribution >= 4 is 5.91 Å². The minimum absolute atomic E-state index is 0.128. The number of benzene rings is 2. The van der Waals surface area contributed by atoms with E-state index in [1.54, 1.807) is 25.5 Å². The summed E-state index contributed by atoms with van der Waals surface area (Å²) in [5.74, 6) is 1.41. The number of nitrogens with one attached hydrogen (secondary N) is 1. The van der Waals surface area contributed by atoms with Gasteiger partial charge in [0.25, 0.3) is 5.91 Å². The van der Waals surface area contributed by atoms with E-state index in [2.05, 4.69) is 5.32 Å². The Labute approximate surface area is 134 Å². The summed E-state index contributed by atoms with van der Waals surface area (Å²) in [6.07, 6.45) is 1.59. The van der Waals surface area contributed by atoms with Crippen LogP contribution >= 0.6 is 0 Å². The van der Waals surface area contributed by atoms with Crippen molar-refractivity contribution in [3.8, 4) is 16.9 Å². The highest BCUT2D eigenvalue weighted by Crippen LogP contribution is 2.23. The molecule has 3 rings (SSSR count). The molecule has 0 aliphatic rings. The van der Waals surface area contributed by atoms with Crippen molar-refractivity contribution < 1.29 is 13.9 Å². The number of hydrogen-bond acceptors (Lipinski definition) is 3. The van der Waals surface area contributed by atoms with Crippen molar-refractivity contribution in [3.05, 3.63) is 78.3 Å². The number of carbonyl (C=O) groups excluding carboxylic acids is 1. The van der Waals surface area contributed by atoms with Gasteiger partial charge in [-0.2, -0.15) is 0 Å². The minimum Gasteiger partial charge on any atom is -0.497 e. The van der Waals surface area contributed by atoms with Gasteiger partial charge in [-0.25, -0.2) is 0 Å². The molecule has 1 aromatic heterocycles. The third-order valence-electron chi connectivity index (χ3n) is 3.55. The standard InChI is InChI=1S/C19H17NO3/c1-22-17-9-7-14(8-10-17)15-4-2-5-16(12-15)19(21)20-13-18-6-3-11-23-18/h2-12H,13H2,1H3,(H,20,21). The van der Waals surface area contributed by atoms with Crippen LogP contribution in [0, 0.1) is 0 Å². The molecule has 3 aromatic rings. The van der Waals surface area contributed by atoms with Crippen LogP contribution in [0.1, 0.15) is 16.1 Å². The summed E-state index contributed by atoms with van der Waals surface area (Å²) in [6, 6.07) is 18.9. The molecule has 1 amide bonds. The van der Waals surface area contributed by atoms with E-state index in [0.717, 1.165) is 22.6 Å². The SMILES string of the molecule is COc1ccc(-c2cccc(C(=O)NCc3ccco3)c2)cc1. The highest BCUT2D eigenvalue weighted by Gasteiger charge is 2.08. The Morgan fingerprint density at radius 1 is 1.04 bits per heavy atom. The minimum atomic E-state index is -0.128. The van der Waals surface area contributed by atoms with Crippen LogP contribution < -0.4 is 10.1 Å². The molecule has 1 N–H and O–H groups in total. The van der Waals surface area contributed by atoms with Gasteiger partial charge in [-0.1, -0.05) is 24.3 Å². The molecule has 116 valence electrons. The quantitative estimate of drug-likeness (QED) is 0.778. The molecule has 0 saturated heterocycles. The molecule has 0 aliphatic heterocycles. The van der Waals surface area contributed by atoms with Crippen LogP contribution in [0.3, 0.4) is 0 Å². The lowest BCUT2D eigenvalue weighted by molar-refractivity contribution is 0.0948. The highest BCUT2D eigenvalue weighted by molar-refractivity contribution is 5.95. The van der Waals surface area contributed by atoms with E-state index in [4.69, 9.17) is 9.15 Å². The van der Waals surface area contributed by atoms with Gasteiger partial charge in [-0.15, -0.1) is 0 Å². The zero-order valence-electron chi connectivity index (χ0n) is 12.8. The van der Waals surface area contributed by atoms with Crippen molar-refractivity contribution in [2.45, 2.75) is 6.54 Å². The van der Waals surface area contributed by atoms with E-state index in [-0.39, 0.29) is 5.91 Å². The summed E-state index contributed by atoms with van der Waals surface area (Å²) < 4.78 is 10.4. The summed E-state index contributed by atoms with van der Waals surface area (Å²) >= 11 is 0. The lowest BCUT2D eigenvalue weighted by Crippen LogP contribution is -2.22. The Morgan fingerprint density at radius 3 is 2.57 bits per heavy atom. The molecule has 1 heterocycles. The third kappa shape index (κ3) is 3.61. The smallest absolute Gasteiger partial charge is 0.251 e. The van der Waals surface area contributed by atoms with Gasteiger partial charge in [0, 0.05) is 5.56 Å². The van der Waals surface area contributed by atoms with Crippen LogP contribution in [0.4, 0.5) is 0 Å². The molecule has 0 bridgehead atoms. The molecule has 0 radical (unpaired) electrons. The average Bonchev–Trinajstić information content (AvgIpc) is 3.13. The number of hydrogen-bond donors (Lipinski definition) is 1. The number of furan rings is 1. The number of carbonyl (C=O) groups is 1. The number of amides is 1. The Morgan fingerprint density at radius 2 is 1.87 bits per heavy atom. The first-order chi connectivity index (χ1) is 11.3. The second-order valence-corrected chi connectivity index (χ2v) is 5.07. The van der Waals surface area contributed by atoms with Crippen LogP contribution in [0.2, 0.25) is 0 Å². The van der Waals surface area contributed by atoms with Gasteiger partial charge >= 0.3 is 0 Å². The lowest BCUT2D eigenvalue weighted by Gasteiger charge is -2.07. The largest absolute Gasteiger partial charge is 0.497 e. The van der Waals surface area contributed by atoms with E-state index >= 15 is 0 Å². The number of methoxy groups -OCH3 is 1. The van der Waals surface area contributed by atoms with Crippen molar-refractivity contribution in [2.24, 2.45) is 0 Å². The number of rotatable bonds is 5. The van der Waals surface area contributed by atoms with Gasteiger partial charge in [0.05, 0.1) is 19.9 Å². The maximum absolute atomic E-state index is 12.3. The maximum atomic E-state index is 12.3. The van der Waals surface area contributed by atoms with Crippen LogP contribution in [0.15, 0.2) is 71.3 Å². The molecular weight excluding hydrogens is 290 g/mol. The molecule has 0 spiro atoms. The van der Waals surface area contributed by atoms with Crippen molar-refractivity contribution in [1.29, 1.82) is 0 Å². The molecule has 4 heteroatoms. The predicted octanol–water partition coefficient (Wildman–Crippen LogP) is 3.89. The van der Waals surface area contributed by atoms with Gasteiger partial charge in [0.2, 0.25) is 0 Å². The highest BCUT2D eigenvalue weighted by atomic mass is 16.5. The van der Waals surface area contributed by atoms with Crippen molar-refractivity contribution in [2.75, 3.05) is 7.11 Å². The van der Waals surface area contributed by atoms with E-state index < -0.39 is 0 Å². The summed E-state index contributed by atoms with van der Waals surface area (Å²) in [4.78, 5) is 12.3. The van der Waals surface area contributed by atoms with Gasteiger partial charge < -0.3 is 14.5 Å². The zero-order valence-corrected chi connectivity index (χ0v) is 12.8. The van der Waals surface area contributed by atoms with E-state index in [1.165, 1.54) is 0 Å². The van der Waals surface area contributed by atoms with Gasteiger partial charge in [0.15, 0.2) is 0 Å². The molecule has 2 aromatic carbocycles. The molecular formula is C19H17NO3. The van der Waals surface area contributed by atoms with E-state index in [0.29, 0.717) is 12.1 Å². The summed E-state index contributed by atoms with van der Waals surface area (Å²) in [5.41, 5.74) is 2.63. The Hall–Kier alpha value is -3.01. The number of ether oxygens (including phenoxy) is 1. The zero-order chi connectivity index (χ0) is 16.1. The predicted molar refractivity (Wildman–Crippen MR) is 88.3 cm³/mol. The molecule has 0 fully saturated rings. The monoisotopic (exact) mass is 307 g/mol. The van der Waals surface area contributed by atoms with E-state index in [1.807, 2.05) is 48.5 Å². The van der Waals surface area contributed by atoms with Crippen molar-refractivity contribution in [3.63, 3.8) is 0 Å². The first-order valence-electron chi connectivity index (χ1n) is 7.31. The lowest BCUT2D eigenvalue weighted by atomic mass is 10.0. The van der Waals surface area contributed by atoms with Crippen LogP contribution in [0.5, 0.6) is 5.75 Å². The first kappa shape index (κ1) is 14.9. The molecule has 23 heavy (non-hydrogen) atoms. The van der Waals surface area contributed by atoms with Crippen LogP contribution in [-0.2, 0) is 6.54 Å². The first-order valence-corrected chi connectivity index (χ1v) is 7.31. The summed E-state index contributed by atoms with van der Waals surface area (Å²) in [6.45, 7) is 0.374. The fraction of sp³-hybridized carbons (Fsp3) is 0.105. The third-order valence-corrected chi connectivity index (χ3v) is 3.55.